The molecule has 4 heteroatoms. The molecule has 3 aromatic rings. The van der Waals surface area contributed by atoms with E-state index in [1.807, 2.05) is 93.4 Å². The van der Waals surface area contributed by atoms with Crippen molar-refractivity contribution in [2.24, 2.45) is 0 Å². The van der Waals surface area contributed by atoms with Crippen molar-refractivity contribution >= 4 is 11.6 Å². The number of aryl methyl sites for hydroxylation is 3. The van der Waals surface area contributed by atoms with Gasteiger partial charge in [0.2, 0.25) is 5.91 Å². The first-order valence-corrected chi connectivity index (χ1v) is 9.12. The van der Waals surface area contributed by atoms with E-state index in [1.165, 1.54) is 0 Å². The third-order valence-electron chi connectivity index (χ3n) is 4.66. The van der Waals surface area contributed by atoms with E-state index in [1.54, 1.807) is 0 Å². The zero-order chi connectivity index (χ0) is 19.4. The van der Waals surface area contributed by atoms with Crippen molar-refractivity contribution in [3.63, 3.8) is 0 Å². The van der Waals surface area contributed by atoms with E-state index in [0.29, 0.717) is 6.54 Å². The fourth-order valence-electron chi connectivity index (χ4n) is 3.22. The molecule has 0 saturated heterocycles. The van der Waals surface area contributed by atoms with Crippen LogP contribution in [0.2, 0.25) is 0 Å². The summed E-state index contributed by atoms with van der Waals surface area (Å²) in [6.07, 6.45) is 0. The number of nitrogens with one attached hydrogen (secondary N) is 1. The lowest BCUT2D eigenvalue weighted by molar-refractivity contribution is -0.121. The molecule has 0 spiro atoms. The van der Waals surface area contributed by atoms with E-state index < -0.39 is 6.04 Å². The maximum atomic E-state index is 13.2. The number of furan rings is 1. The first-order valence-electron chi connectivity index (χ1n) is 9.12. The predicted molar refractivity (Wildman–Crippen MR) is 109 cm³/mol. The van der Waals surface area contributed by atoms with Crippen LogP contribution in [0, 0.1) is 20.8 Å². The highest BCUT2D eigenvalue weighted by Crippen LogP contribution is 2.25. The molecule has 0 bridgehead atoms. The zero-order valence-corrected chi connectivity index (χ0v) is 16.3. The zero-order valence-electron chi connectivity index (χ0n) is 16.3. The number of likely N-dealkylation sites (N-methyl/N-ethyl adjacent to an activating group) is 1. The summed E-state index contributed by atoms with van der Waals surface area (Å²) in [5.41, 5.74) is 3.96. The summed E-state index contributed by atoms with van der Waals surface area (Å²) in [6.45, 7) is 6.50. The van der Waals surface area contributed by atoms with E-state index in [9.17, 15) is 4.79 Å². The van der Waals surface area contributed by atoms with Crippen LogP contribution in [0.4, 0.5) is 5.69 Å². The number of carbonyl (C=O) groups excluding carboxylic acids is 1. The van der Waals surface area contributed by atoms with Gasteiger partial charge in [-0.1, -0.05) is 42.5 Å². The van der Waals surface area contributed by atoms with Crippen molar-refractivity contribution < 1.29 is 9.21 Å². The number of amides is 1. The van der Waals surface area contributed by atoms with Crippen LogP contribution in [0.1, 0.15) is 34.3 Å². The van der Waals surface area contributed by atoms with Gasteiger partial charge in [0.05, 0.1) is 6.54 Å². The fourth-order valence-corrected chi connectivity index (χ4v) is 3.22. The van der Waals surface area contributed by atoms with E-state index in [-0.39, 0.29) is 5.91 Å². The molecule has 2 aromatic carbocycles. The highest BCUT2D eigenvalue weighted by atomic mass is 16.3. The van der Waals surface area contributed by atoms with Gasteiger partial charge in [-0.15, -0.1) is 0 Å². The van der Waals surface area contributed by atoms with Gasteiger partial charge in [0.1, 0.15) is 17.6 Å². The SMILES string of the molecule is Cc1ccc(C)c(NC(=O)[C@H](c2ccccc2)N(C)Cc2ccc(C)o2)c1. The average Bonchev–Trinajstić information content (AvgIpc) is 3.04. The number of hydrogen-bond acceptors (Lipinski definition) is 3. The molecule has 0 aliphatic heterocycles. The number of benzene rings is 2. The Morgan fingerprint density at radius 1 is 1.04 bits per heavy atom. The molecule has 4 nitrogen and oxygen atoms in total. The van der Waals surface area contributed by atoms with Crippen molar-refractivity contribution in [1.82, 2.24) is 4.90 Å². The van der Waals surface area contributed by atoms with E-state index >= 15 is 0 Å². The quantitative estimate of drug-likeness (QED) is 0.670. The molecular weight excluding hydrogens is 336 g/mol. The summed E-state index contributed by atoms with van der Waals surface area (Å²) in [4.78, 5) is 15.2. The highest BCUT2D eigenvalue weighted by molar-refractivity contribution is 5.96. The summed E-state index contributed by atoms with van der Waals surface area (Å²) in [5, 5.41) is 3.11. The molecule has 1 heterocycles. The summed E-state index contributed by atoms with van der Waals surface area (Å²) in [7, 11) is 1.94. The average molecular weight is 362 g/mol. The molecule has 1 aromatic heterocycles. The molecule has 1 atom stereocenters. The van der Waals surface area contributed by atoms with Gasteiger partial charge in [-0.25, -0.2) is 0 Å². The Bertz CT molecular complexity index is 915. The lowest BCUT2D eigenvalue weighted by Gasteiger charge is -2.27. The minimum absolute atomic E-state index is 0.0549. The Morgan fingerprint density at radius 2 is 1.78 bits per heavy atom. The third-order valence-corrected chi connectivity index (χ3v) is 4.66. The van der Waals surface area contributed by atoms with Crippen LogP contribution in [0.25, 0.3) is 0 Å². The van der Waals surface area contributed by atoms with Gasteiger partial charge >= 0.3 is 0 Å². The van der Waals surface area contributed by atoms with Crippen molar-refractivity contribution in [3.8, 4) is 0 Å². The second-order valence-corrected chi connectivity index (χ2v) is 7.05. The molecule has 1 amide bonds. The smallest absolute Gasteiger partial charge is 0.246 e. The monoisotopic (exact) mass is 362 g/mol. The maximum absolute atomic E-state index is 13.2. The van der Waals surface area contributed by atoms with Gasteiger partial charge in [0.25, 0.3) is 0 Å². The number of nitrogens with zero attached hydrogens (tertiary/aromatic N) is 1. The van der Waals surface area contributed by atoms with E-state index in [0.717, 1.165) is 33.9 Å². The molecule has 0 radical (unpaired) electrons. The molecule has 3 rings (SSSR count). The Morgan fingerprint density at radius 3 is 2.44 bits per heavy atom. The van der Waals surface area contributed by atoms with Crippen LogP contribution in [-0.4, -0.2) is 17.9 Å². The molecular formula is C23H26N2O2. The molecule has 0 fully saturated rings. The second-order valence-electron chi connectivity index (χ2n) is 7.05. The van der Waals surface area contributed by atoms with Crippen LogP contribution in [0.3, 0.4) is 0 Å². The van der Waals surface area contributed by atoms with Crippen molar-refractivity contribution in [3.05, 3.63) is 88.9 Å². The van der Waals surface area contributed by atoms with Crippen LogP contribution >= 0.6 is 0 Å². The van der Waals surface area contributed by atoms with Crippen LogP contribution in [-0.2, 0) is 11.3 Å². The minimum atomic E-state index is -0.420. The Balaban J connectivity index is 1.87. The van der Waals surface area contributed by atoms with Crippen LogP contribution in [0.5, 0.6) is 0 Å². The molecule has 0 aliphatic rings. The lowest BCUT2D eigenvalue weighted by Crippen LogP contribution is -2.34. The Kier molecular flexibility index (Phi) is 5.77. The minimum Gasteiger partial charge on any atom is -0.465 e. The largest absolute Gasteiger partial charge is 0.465 e. The van der Waals surface area contributed by atoms with Crippen LogP contribution in [0.15, 0.2) is 65.1 Å². The second kappa shape index (κ2) is 8.23. The number of anilines is 1. The molecule has 0 saturated carbocycles. The first kappa shape index (κ1) is 18.9. The number of hydrogen-bond donors (Lipinski definition) is 1. The summed E-state index contributed by atoms with van der Waals surface area (Å²) in [5.74, 6) is 1.66. The van der Waals surface area contributed by atoms with Gasteiger partial charge in [0, 0.05) is 5.69 Å². The molecule has 1 N–H and O–H groups in total. The van der Waals surface area contributed by atoms with Crippen molar-refractivity contribution in [2.45, 2.75) is 33.4 Å². The Hall–Kier alpha value is -2.85. The Labute approximate surface area is 160 Å². The number of rotatable bonds is 6. The van der Waals surface area contributed by atoms with Gasteiger partial charge in [-0.3, -0.25) is 9.69 Å². The molecule has 0 unspecified atom stereocenters. The summed E-state index contributed by atoms with van der Waals surface area (Å²) in [6, 6.07) is 19.4. The first-order chi connectivity index (χ1) is 12.9. The lowest BCUT2D eigenvalue weighted by atomic mass is 10.0. The standard InChI is InChI=1S/C23H26N2O2/c1-16-10-11-17(2)21(14-16)24-23(26)22(19-8-6-5-7-9-19)25(4)15-20-13-12-18(3)27-20/h5-14,22H,15H2,1-4H3,(H,24,26)/t22-/m0/s1. The van der Waals surface area contributed by atoms with Crippen molar-refractivity contribution in [2.75, 3.05) is 12.4 Å². The van der Waals surface area contributed by atoms with Crippen LogP contribution < -0.4 is 5.32 Å². The molecule has 140 valence electrons. The highest BCUT2D eigenvalue weighted by Gasteiger charge is 2.26. The van der Waals surface area contributed by atoms with Gasteiger partial charge < -0.3 is 9.73 Å². The third kappa shape index (κ3) is 4.66. The van der Waals surface area contributed by atoms with Gasteiger partial charge in [0.15, 0.2) is 0 Å². The topological polar surface area (TPSA) is 45.5 Å². The fraction of sp³-hybridized carbons (Fsp3) is 0.261. The van der Waals surface area contributed by atoms with E-state index in [4.69, 9.17) is 4.42 Å². The summed E-state index contributed by atoms with van der Waals surface area (Å²) >= 11 is 0. The normalized spacial score (nSPS) is 12.2. The van der Waals surface area contributed by atoms with E-state index in [2.05, 4.69) is 5.32 Å². The molecule has 0 aliphatic carbocycles. The van der Waals surface area contributed by atoms with Gasteiger partial charge in [-0.05, 0) is 62.7 Å². The van der Waals surface area contributed by atoms with Gasteiger partial charge in [-0.2, -0.15) is 0 Å². The summed E-state index contributed by atoms with van der Waals surface area (Å²) < 4.78 is 5.70. The maximum Gasteiger partial charge on any atom is 0.246 e. The predicted octanol–water partition coefficient (Wildman–Crippen LogP) is 5.02. The molecule has 27 heavy (non-hydrogen) atoms. The number of carbonyl (C=O) groups is 1. The van der Waals surface area contributed by atoms with Crippen molar-refractivity contribution in [1.29, 1.82) is 0 Å².